The van der Waals surface area contributed by atoms with Crippen LogP contribution in [-0.4, -0.2) is 61.4 Å². The molecule has 0 amide bonds. The smallest absolute Gasteiger partial charge is 0.339 e. The monoisotopic (exact) mass is 673 g/mol. The summed E-state index contributed by atoms with van der Waals surface area (Å²) in [7, 11) is 0. The molecule has 0 saturated carbocycles. The van der Waals surface area contributed by atoms with Gasteiger partial charge in [-0.25, -0.2) is 9.59 Å². The van der Waals surface area contributed by atoms with E-state index in [0.29, 0.717) is 24.6 Å². The number of carbonyl (C=O) groups is 2. The van der Waals surface area contributed by atoms with Crippen molar-refractivity contribution in [3.8, 4) is 0 Å². The normalized spacial score (nSPS) is 11.5. The van der Waals surface area contributed by atoms with Gasteiger partial charge in [0.05, 0.1) is 11.1 Å². The number of carbonyl (C=O) groups excluding carboxylic acids is 2. The number of esters is 2. The van der Waals surface area contributed by atoms with Crippen molar-refractivity contribution in [3.63, 3.8) is 0 Å². The molecule has 0 spiro atoms. The predicted molar refractivity (Wildman–Crippen MR) is 204 cm³/mol. The Morgan fingerprint density at radius 1 is 0.438 bits per heavy atom. The van der Waals surface area contributed by atoms with Gasteiger partial charge in [0, 0.05) is 26.2 Å². The lowest BCUT2D eigenvalue weighted by atomic mass is 10.1. The lowest BCUT2D eigenvalue weighted by Gasteiger charge is -2.22. The molecule has 0 aromatic heterocycles. The fraction of sp³-hybridized carbons (Fsp3) is 0.810. The van der Waals surface area contributed by atoms with Crippen LogP contribution in [0.2, 0.25) is 0 Å². The first-order chi connectivity index (χ1) is 23.5. The quantitative estimate of drug-likeness (QED) is 0.0412. The average molecular weight is 673 g/mol. The Morgan fingerprint density at radius 2 is 0.708 bits per heavy atom. The van der Waals surface area contributed by atoms with Crippen LogP contribution in [0.1, 0.15) is 203 Å². The van der Waals surface area contributed by atoms with Crippen LogP contribution in [0.25, 0.3) is 0 Å². The molecule has 6 nitrogen and oxygen atoms in total. The molecule has 0 aliphatic rings. The zero-order valence-corrected chi connectivity index (χ0v) is 32.1. The Balaban J connectivity index is 2.65. The summed E-state index contributed by atoms with van der Waals surface area (Å²) in [6, 6.07) is 6.84. The largest absolute Gasteiger partial charge is 0.446 e. The van der Waals surface area contributed by atoms with E-state index in [9.17, 15) is 9.59 Å². The number of hydrogen-bond donors (Lipinski definition) is 0. The van der Waals surface area contributed by atoms with Gasteiger partial charge in [-0.15, -0.1) is 0 Å². The average Bonchev–Trinajstić information content (AvgIpc) is 3.10. The fourth-order valence-electron chi connectivity index (χ4n) is 6.18. The lowest BCUT2D eigenvalue weighted by Crippen LogP contribution is -2.30. The molecule has 0 bridgehead atoms. The maximum atomic E-state index is 13.1. The molecule has 0 radical (unpaired) electrons. The maximum absolute atomic E-state index is 13.1. The Labute approximate surface area is 297 Å². The zero-order chi connectivity index (χ0) is 34.9. The van der Waals surface area contributed by atoms with E-state index in [2.05, 4.69) is 37.5 Å². The molecule has 48 heavy (non-hydrogen) atoms. The van der Waals surface area contributed by atoms with E-state index in [-0.39, 0.29) is 11.9 Å². The SMILES string of the molecule is CCCCCCCCN(CCCCCCCC)COC(=O)c1cccc(C(=O)OCN(CCCCCCCC)CCCCCCCC)c1. The van der Waals surface area contributed by atoms with E-state index >= 15 is 0 Å². The summed E-state index contributed by atoms with van der Waals surface area (Å²) in [5.74, 6) is -0.762. The molecule has 1 aromatic carbocycles. The van der Waals surface area contributed by atoms with Crippen LogP contribution in [0.4, 0.5) is 0 Å². The molecule has 0 saturated heterocycles. The third kappa shape index (κ3) is 24.3. The summed E-state index contributed by atoms with van der Waals surface area (Å²) in [6.07, 6.45) is 30.0. The molecule has 0 unspecified atom stereocenters. The predicted octanol–water partition coefficient (Wildman–Crippen LogP) is 12.0. The number of ether oxygens (including phenoxy) is 2. The van der Waals surface area contributed by atoms with Gasteiger partial charge in [-0.1, -0.05) is 162 Å². The number of benzene rings is 1. The fourth-order valence-corrected chi connectivity index (χ4v) is 6.18. The van der Waals surface area contributed by atoms with E-state index in [1.807, 2.05) is 0 Å². The van der Waals surface area contributed by atoms with Crippen molar-refractivity contribution in [1.29, 1.82) is 0 Å². The first-order valence-corrected chi connectivity index (χ1v) is 20.4. The highest BCUT2D eigenvalue weighted by atomic mass is 16.5. The Bertz CT molecular complexity index is 793. The second-order valence-corrected chi connectivity index (χ2v) is 14.0. The highest BCUT2D eigenvalue weighted by Crippen LogP contribution is 2.14. The number of unbranched alkanes of at least 4 members (excludes halogenated alkanes) is 20. The maximum Gasteiger partial charge on any atom is 0.339 e. The van der Waals surface area contributed by atoms with Gasteiger partial charge in [-0.3, -0.25) is 9.80 Å². The summed E-state index contributed by atoms with van der Waals surface area (Å²) >= 11 is 0. The molecule has 6 heteroatoms. The van der Waals surface area contributed by atoms with Crippen molar-refractivity contribution < 1.29 is 19.1 Å². The van der Waals surface area contributed by atoms with E-state index in [4.69, 9.17) is 9.47 Å². The van der Waals surface area contributed by atoms with Crippen LogP contribution in [0.15, 0.2) is 24.3 Å². The molecule has 0 atom stereocenters. The minimum Gasteiger partial charge on any atom is -0.446 e. The van der Waals surface area contributed by atoms with Gasteiger partial charge in [0.2, 0.25) is 0 Å². The van der Waals surface area contributed by atoms with Crippen molar-refractivity contribution in [2.24, 2.45) is 0 Å². The summed E-state index contributed by atoms with van der Waals surface area (Å²) in [5.41, 5.74) is 0.805. The highest BCUT2D eigenvalue weighted by Gasteiger charge is 2.16. The molecular formula is C42H76N2O4. The minimum atomic E-state index is -0.381. The first kappa shape index (κ1) is 44.1. The van der Waals surface area contributed by atoms with Crippen LogP contribution in [0, 0.1) is 0 Å². The molecule has 1 aromatic rings. The molecular weight excluding hydrogens is 596 g/mol. The summed E-state index contributed by atoms with van der Waals surface area (Å²) in [4.78, 5) is 30.8. The second-order valence-electron chi connectivity index (χ2n) is 14.0. The van der Waals surface area contributed by atoms with Crippen LogP contribution in [0.5, 0.6) is 0 Å². The van der Waals surface area contributed by atoms with Crippen LogP contribution >= 0.6 is 0 Å². The van der Waals surface area contributed by atoms with Gasteiger partial charge >= 0.3 is 11.9 Å². The third-order valence-corrected chi connectivity index (χ3v) is 9.40. The molecule has 0 aliphatic heterocycles. The second kappa shape index (κ2) is 32.3. The summed E-state index contributed by atoms with van der Waals surface area (Å²) in [5, 5.41) is 0. The Hall–Kier alpha value is -1.92. The standard InChI is InChI=1S/C42H76N2O4/c1-5-9-13-17-21-25-32-43(33-26-22-18-14-10-6-2)37-47-41(45)39-30-29-31-40(36-39)42(46)48-38-44(34-27-23-19-15-11-7-3)35-28-24-20-16-12-8-4/h29-31,36H,5-28,32-35,37-38H2,1-4H3. The molecule has 0 aliphatic carbocycles. The van der Waals surface area contributed by atoms with Crippen molar-refractivity contribution in [2.45, 2.75) is 182 Å². The van der Waals surface area contributed by atoms with Crippen molar-refractivity contribution in [3.05, 3.63) is 35.4 Å². The molecule has 0 N–H and O–H groups in total. The number of rotatable bonds is 34. The lowest BCUT2D eigenvalue weighted by molar-refractivity contribution is 0.0204. The van der Waals surface area contributed by atoms with Gasteiger partial charge in [-0.2, -0.15) is 0 Å². The third-order valence-electron chi connectivity index (χ3n) is 9.40. The topological polar surface area (TPSA) is 59.1 Å². The number of hydrogen-bond acceptors (Lipinski definition) is 6. The highest BCUT2D eigenvalue weighted by molar-refractivity contribution is 5.95. The Morgan fingerprint density at radius 3 is 1.00 bits per heavy atom. The van der Waals surface area contributed by atoms with Crippen molar-refractivity contribution >= 4 is 11.9 Å². The first-order valence-electron chi connectivity index (χ1n) is 20.4. The van der Waals surface area contributed by atoms with Crippen LogP contribution < -0.4 is 0 Å². The zero-order valence-electron chi connectivity index (χ0n) is 32.1. The number of nitrogens with zero attached hydrogens (tertiary/aromatic N) is 2. The van der Waals surface area contributed by atoms with Gasteiger partial charge < -0.3 is 9.47 Å². The van der Waals surface area contributed by atoms with Gasteiger partial charge in [-0.05, 0) is 43.9 Å². The molecule has 0 heterocycles. The molecule has 1 rings (SSSR count). The van der Waals surface area contributed by atoms with Crippen molar-refractivity contribution in [1.82, 2.24) is 9.80 Å². The molecule has 0 fully saturated rings. The van der Waals surface area contributed by atoms with Crippen molar-refractivity contribution in [2.75, 3.05) is 39.6 Å². The van der Waals surface area contributed by atoms with E-state index in [0.717, 1.165) is 51.9 Å². The minimum absolute atomic E-state index is 0.295. The van der Waals surface area contributed by atoms with Gasteiger partial charge in [0.25, 0.3) is 0 Å². The molecule has 278 valence electrons. The van der Waals surface area contributed by atoms with Crippen LogP contribution in [-0.2, 0) is 9.47 Å². The Kier molecular flexibility index (Phi) is 29.7. The van der Waals surface area contributed by atoms with E-state index < -0.39 is 0 Å². The van der Waals surface area contributed by atoms with Gasteiger partial charge in [0.15, 0.2) is 0 Å². The van der Waals surface area contributed by atoms with E-state index in [1.54, 1.807) is 24.3 Å². The summed E-state index contributed by atoms with van der Waals surface area (Å²) < 4.78 is 11.6. The van der Waals surface area contributed by atoms with E-state index in [1.165, 1.54) is 128 Å². The van der Waals surface area contributed by atoms with Gasteiger partial charge in [0.1, 0.15) is 13.5 Å². The van der Waals surface area contributed by atoms with Crippen LogP contribution in [0.3, 0.4) is 0 Å². The summed E-state index contributed by atoms with van der Waals surface area (Å²) in [6.45, 7) is 13.4.